The number of nitrogens with one attached hydrogen (secondary N) is 2. The van der Waals surface area contributed by atoms with Crippen LogP contribution in [0.15, 0.2) is 23.0 Å². The Labute approximate surface area is 146 Å². The van der Waals surface area contributed by atoms with Crippen LogP contribution in [0, 0.1) is 0 Å². The zero-order chi connectivity index (χ0) is 18.0. The summed E-state index contributed by atoms with van der Waals surface area (Å²) in [6, 6.07) is 5.24. The van der Waals surface area contributed by atoms with Crippen molar-refractivity contribution < 1.29 is 9.59 Å². The van der Waals surface area contributed by atoms with Crippen molar-refractivity contribution >= 4 is 28.5 Å². The molecule has 0 aliphatic heterocycles. The Morgan fingerprint density at radius 2 is 1.60 bits per heavy atom. The van der Waals surface area contributed by atoms with Crippen LogP contribution in [0.2, 0.25) is 0 Å². The zero-order valence-corrected chi connectivity index (χ0v) is 14.7. The molecule has 2 N–H and O–H groups in total. The molecule has 0 spiro atoms. The quantitative estimate of drug-likeness (QED) is 0.642. The summed E-state index contributed by atoms with van der Waals surface area (Å²) < 4.78 is 3.05. The number of fused-ring (bicyclic) bond motifs is 1. The van der Waals surface area contributed by atoms with Crippen molar-refractivity contribution in [2.24, 2.45) is 14.1 Å². The number of nitrogens with zero attached hydrogens (tertiary/aromatic N) is 2. The summed E-state index contributed by atoms with van der Waals surface area (Å²) in [5, 5.41) is 5.45. The Balaban J connectivity index is 1.69. The highest BCUT2D eigenvalue weighted by atomic mass is 16.2. The van der Waals surface area contributed by atoms with Gasteiger partial charge in [0, 0.05) is 25.8 Å². The number of anilines is 1. The number of carbonyl (C=O) groups excluding carboxylic acids is 2. The summed E-state index contributed by atoms with van der Waals surface area (Å²) in [5.74, 6) is -1.28. The van der Waals surface area contributed by atoms with E-state index in [-0.39, 0.29) is 11.7 Å². The zero-order valence-electron chi connectivity index (χ0n) is 14.7. The third-order valence-corrected chi connectivity index (χ3v) is 4.93. The molecular weight excluding hydrogens is 320 g/mol. The summed E-state index contributed by atoms with van der Waals surface area (Å²) in [6.07, 6.45) is 6.41. The molecule has 3 rings (SSSR count). The number of amides is 2. The van der Waals surface area contributed by atoms with Crippen molar-refractivity contribution in [3.8, 4) is 0 Å². The molecule has 2 aromatic rings. The van der Waals surface area contributed by atoms with Gasteiger partial charge in [0.25, 0.3) is 0 Å². The van der Waals surface area contributed by atoms with E-state index in [0.29, 0.717) is 11.2 Å². The topological polar surface area (TPSA) is 85.1 Å². The summed E-state index contributed by atoms with van der Waals surface area (Å²) in [4.78, 5) is 36.3. The first-order valence-corrected chi connectivity index (χ1v) is 8.74. The maximum atomic E-state index is 12.2. The lowest BCUT2D eigenvalue weighted by molar-refractivity contribution is -0.136. The Bertz CT molecular complexity index is 857. The third kappa shape index (κ3) is 3.60. The molecule has 1 aliphatic rings. The van der Waals surface area contributed by atoms with E-state index in [1.807, 2.05) is 0 Å². The lowest BCUT2D eigenvalue weighted by Crippen LogP contribution is -2.41. The highest BCUT2D eigenvalue weighted by molar-refractivity contribution is 6.39. The first-order chi connectivity index (χ1) is 12.0. The minimum atomic E-state index is -0.676. The van der Waals surface area contributed by atoms with Gasteiger partial charge in [-0.3, -0.25) is 18.7 Å². The van der Waals surface area contributed by atoms with E-state index < -0.39 is 11.8 Å². The second kappa shape index (κ2) is 7.13. The van der Waals surface area contributed by atoms with E-state index in [0.717, 1.165) is 31.2 Å². The molecule has 0 saturated heterocycles. The van der Waals surface area contributed by atoms with Crippen LogP contribution >= 0.6 is 0 Å². The van der Waals surface area contributed by atoms with Crippen molar-refractivity contribution in [2.45, 2.75) is 44.6 Å². The molecule has 2 amide bonds. The number of aryl methyl sites for hydroxylation is 2. The van der Waals surface area contributed by atoms with Gasteiger partial charge < -0.3 is 10.6 Å². The lowest BCUT2D eigenvalue weighted by Gasteiger charge is -2.15. The van der Waals surface area contributed by atoms with Crippen LogP contribution < -0.4 is 16.3 Å². The van der Waals surface area contributed by atoms with Gasteiger partial charge in [-0.05, 0) is 31.0 Å². The molecule has 7 nitrogen and oxygen atoms in total. The fourth-order valence-corrected chi connectivity index (χ4v) is 3.45. The SMILES string of the molecule is Cn1c(=O)n(C)c2cc(NC(=O)C(=O)NC3CCCCCC3)ccc21. The molecular formula is C18H24N4O3. The number of rotatable bonds is 2. The number of hydrogen-bond donors (Lipinski definition) is 2. The van der Waals surface area contributed by atoms with Crippen LogP contribution in [0.4, 0.5) is 5.69 Å². The van der Waals surface area contributed by atoms with Crippen LogP contribution in [0.3, 0.4) is 0 Å². The standard InChI is InChI=1S/C18H24N4O3/c1-21-14-10-9-13(11-15(14)22(2)18(21)25)20-17(24)16(23)19-12-7-5-3-4-6-8-12/h9-12H,3-8H2,1-2H3,(H,19,23)(H,20,24). The fraction of sp³-hybridized carbons (Fsp3) is 0.500. The Morgan fingerprint density at radius 3 is 2.28 bits per heavy atom. The Kier molecular flexibility index (Phi) is 4.92. The molecule has 0 unspecified atom stereocenters. The van der Waals surface area contributed by atoms with Crippen LogP contribution in [-0.2, 0) is 23.7 Å². The van der Waals surface area contributed by atoms with Gasteiger partial charge in [0.15, 0.2) is 0 Å². The van der Waals surface area contributed by atoms with E-state index >= 15 is 0 Å². The highest BCUT2D eigenvalue weighted by Crippen LogP contribution is 2.18. The molecule has 0 radical (unpaired) electrons. The maximum absolute atomic E-state index is 12.2. The van der Waals surface area contributed by atoms with E-state index in [1.54, 1.807) is 36.9 Å². The number of aromatic nitrogens is 2. The molecule has 0 atom stereocenters. The van der Waals surface area contributed by atoms with E-state index in [2.05, 4.69) is 10.6 Å². The Hall–Kier alpha value is -2.57. The van der Waals surface area contributed by atoms with Gasteiger partial charge in [-0.2, -0.15) is 0 Å². The average molecular weight is 344 g/mol. The summed E-state index contributed by atoms with van der Waals surface area (Å²) >= 11 is 0. The van der Waals surface area contributed by atoms with E-state index in [4.69, 9.17) is 0 Å². The Morgan fingerprint density at radius 1 is 0.960 bits per heavy atom. The largest absolute Gasteiger partial charge is 0.345 e. The lowest BCUT2D eigenvalue weighted by atomic mass is 10.1. The third-order valence-electron chi connectivity index (χ3n) is 4.93. The van der Waals surface area contributed by atoms with Crippen molar-refractivity contribution in [1.29, 1.82) is 0 Å². The second-order valence-corrected chi connectivity index (χ2v) is 6.72. The molecule has 25 heavy (non-hydrogen) atoms. The van der Waals surface area contributed by atoms with Gasteiger partial charge in [0.1, 0.15) is 0 Å². The van der Waals surface area contributed by atoms with Crippen LogP contribution in [0.5, 0.6) is 0 Å². The predicted octanol–water partition coefficient (Wildman–Crippen LogP) is 1.65. The molecule has 1 aromatic heterocycles. The van der Waals surface area contributed by atoms with Crippen molar-refractivity contribution in [3.63, 3.8) is 0 Å². The summed E-state index contributed by atoms with van der Waals surface area (Å²) in [6.45, 7) is 0. The van der Waals surface area contributed by atoms with Gasteiger partial charge in [-0.15, -0.1) is 0 Å². The van der Waals surface area contributed by atoms with Crippen molar-refractivity contribution in [2.75, 3.05) is 5.32 Å². The van der Waals surface area contributed by atoms with Crippen molar-refractivity contribution in [1.82, 2.24) is 14.5 Å². The number of imidazole rings is 1. The monoisotopic (exact) mass is 344 g/mol. The first-order valence-electron chi connectivity index (χ1n) is 8.74. The van der Waals surface area contributed by atoms with Crippen LogP contribution in [-0.4, -0.2) is 27.0 Å². The number of carbonyl (C=O) groups is 2. The molecule has 1 saturated carbocycles. The van der Waals surface area contributed by atoms with E-state index in [9.17, 15) is 14.4 Å². The second-order valence-electron chi connectivity index (χ2n) is 6.72. The molecule has 7 heteroatoms. The minimum Gasteiger partial charge on any atom is -0.345 e. The molecule has 1 fully saturated rings. The molecule has 1 aliphatic carbocycles. The molecule has 0 bridgehead atoms. The van der Waals surface area contributed by atoms with Crippen LogP contribution in [0.25, 0.3) is 11.0 Å². The molecule has 1 aromatic carbocycles. The first kappa shape index (κ1) is 17.3. The van der Waals surface area contributed by atoms with Crippen LogP contribution in [0.1, 0.15) is 38.5 Å². The van der Waals surface area contributed by atoms with Crippen molar-refractivity contribution in [3.05, 3.63) is 28.7 Å². The maximum Gasteiger partial charge on any atom is 0.328 e. The average Bonchev–Trinajstić information content (AvgIpc) is 2.81. The van der Waals surface area contributed by atoms with Gasteiger partial charge >= 0.3 is 17.5 Å². The normalized spacial score (nSPS) is 15.8. The minimum absolute atomic E-state index is 0.0816. The number of benzene rings is 1. The van der Waals surface area contributed by atoms with Gasteiger partial charge in [0.2, 0.25) is 0 Å². The summed E-state index contributed by atoms with van der Waals surface area (Å²) in [5.41, 5.74) is 1.84. The predicted molar refractivity (Wildman–Crippen MR) is 96.4 cm³/mol. The van der Waals surface area contributed by atoms with Gasteiger partial charge in [-0.1, -0.05) is 25.7 Å². The van der Waals surface area contributed by atoms with E-state index in [1.165, 1.54) is 17.4 Å². The summed E-state index contributed by atoms with van der Waals surface area (Å²) in [7, 11) is 3.37. The highest BCUT2D eigenvalue weighted by Gasteiger charge is 2.20. The van der Waals surface area contributed by atoms with Gasteiger partial charge in [0.05, 0.1) is 11.0 Å². The number of hydrogen-bond acceptors (Lipinski definition) is 3. The smallest absolute Gasteiger partial charge is 0.328 e. The molecule has 1 heterocycles. The fourth-order valence-electron chi connectivity index (χ4n) is 3.45. The molecule has 134 valence electrons. The van der Waals surface area contributed by atoms with Gasteiger partial charge in [-0.25, -0.2) is 4.79 Å².